The third-order valence-electron chi connectivity index (χ3n) is 0.158. The minimum absolute atomic E-state index is 0.194. The van der Waals surface area contributed by atoms with Crippen LogP contribution in [0.2, 0.25) is 0 Å². The fourth-order valence-electron chi connectivity index (χ4n) is 0. The number of nitrogens with zero attached hydrogens (tertiary/aromatic N) is 1. The zero-order valence-electron chi connectivity index (χ0n) is 4.59. The van der Waals surface area contributed by atoms with E-state index in [1.54, 1.807) is 0 Å². The summed E-state index contributed by atoms with van der Waals surface area (Å²) < 4.78 is 0.194. The van der Waals surface area contributed by atoms with Gasteiger partial charge in [-0.25, -0.2) is 0 Å². The molecule has 46 valence electrons. The maximum atomic E-state index is 7.62. The molecule has 0 aromatic carbocycles. The van der Waals surface area contributed by atoms with Gasteiger partial charge in [-0.1, -0.05) is 19.1 Å². The quantitative estimate of drug-likeness (QED) is 0.399. The molecule has 0 spiro atoms. The van der Waals surface area contributed by atoms with Gasteiger partial charge in [0.1, 0.15) is 4.32 Å². The molecular formula is C4H8N2S2. The van der Waals surface area contributed by atoms with E-state index in [0.717, 1.165) is 0 Å². The average Bonchev–Trinajstić information content (AvgIpc) is 1.65. The van der Waals surface area contributed by atoms with Crippen molar-refractivity contribution >= 4 is 29.2 Å². The number of hydrogen-bond donors (Lipinski definition) is 2. The first kappa shape index (κ1) is 10.7. The zero-order chi connectivity index (χ0) is 6.99. The number of nitriles is 1. The molecular weight excluding hydrogens is 140 g/mol. The number of thiol groups is 1. The maximum Gasteiger partial charge on any atom is 0.128 e. The average molecular weight is 148 g/mol. The van der Waals surface area contributed by atoms with Gasteiger partial charge in [-0.05, 0) is 0 Å². The summed E-state index contributed by atoms with van der Waals surface area (Å²) in [6.45, 7) is 1.82. The van der Waals surface area contributed by atoms with Crippen LogP contribution in [0.3, 0.4) is 0 Å². The highest BCUT2D eigenvalue weighted by Gasteiger charge is 1.55. The third kappa shape index (κ3) is 241. The molecule has 0 aromatic heterocycles. The topological polar surface area (TPSA) is 49.8 Å². The van der Waals surface area contributed by atoms with Crippen molar-refractivity contribution in [2.24, 2.45) is 5.73 Å². The lowest BCUT2D eigenvalue weighted by atomic mass is 10.6. The molecule has 0 saturated heterocycles. The molecule has 0 rings (SSSR count). The van der Waals surface area contributed by atoms with E-state index in [-0.39, 0.29) is 4.32 Å². The van der Waals surface area contributed by atoms with E-state index in [1.807, 2.05) is 13.0 Å². The molecule has 8 heavy (non-hydrogen) atoms. The van der Waals surface area contributed by atoms with E-state index < -0.39 is 0 Å². The Kier molecular flexibility index (Phi) is 13.2. The first-order valence-electron chi connectivity index (χ1n) is 2.00. The molecule has 2 N–H and O–H groups in total. The molecule has 4 heteroatoms. The van der Waals surface area contributed by atoms with Crippen LogP contribution in [0.4, 0.5) is 0 Å². The van der Waals surface area contributed by atoms with Gasteiger partial charge >= 0.3 is 0 Å². The molecule has 0 aliphatic rings. The molecule has 0 amide bonds. The lowest BCUT2D eigenvalue weighted by molar-refractivity contribution is 1.22. The highest BCUT2D eigenvalue weighted by atomic mass is 32.1. The first-order chi connectivity index (χ1) is 3.65. The Morgan fingerprint density at radius 3 is 2.12 bits per heavy atom. The molecule has 0 bridgehead atoms. The second-order valence-electron chi connectivity index (χ2n) is 0.850. The molecule has 0 saturated carbocycles. The molecule has 0 aliphatic carbocycles. The van der Waals surface area contributed by atoms with E-state index in [0.29, 0.717) is 6.42 Å². The summed E-state index contributed by atoms with van der Waals surface area (Å²) in [4.78, 5) is 0. The predicted octanol–water partition coefficient (Wildman–Crippen LogP) is 1.08. The van der Waals surface area contributed by atoms with Crippen molar-refractivity contribution in [2.45, 2.75) is 13.3 Å². The molecule has 0 heterocycles. The second kappa shape index (κ2) is 9.88. The lowest BCUT2D eigenvalue weighted by Crippen LogP contribution is -1.94. The van der Waals surface area contributed by atoms with E-state index in [1.165, 1.54) is 0 Å². The number of rotatable bonds is 0. The fraction of sp³-hybridized carbons (Fsp3) is 0.500. The third-order valence-corrected chi connectivity index (χ3v) is 0.158. The van der Waals surface area contributed by atoms with E-state index in [2.05, 4.69) is 24.8 Å². The van der Waals surface area contributed by atoms with Crippen molar-refractivity contribution in [3.8, 4) is 6.07 Å². The number of thiocarbonyl (C=S) groups is 1. The van der Waals surface area contributed by atoms with Gasteiger partial charge < -0.3 is 5.73 Å². The van der Waals surface area contributed by atoms with Gasteiger partial charge in [-0.15, -0.1) is 12.6 Å². The zero-order valence-corrected chi connectivity index (χ0v) is 6.30. The molecule has 0 fully saturated rings. The summed E-state index contributed by atoms with van der Waals surface area (Å²) in [6.07, 6.45) is 0.625. The fourth-order valence-corrected chi connectivity index (χ4v) is 0. The van der Waals surface area contributed by atoms with Crippen molar-refractivity contribution in [3.63, 3.8) is 0 Å². The largest absolute Gasteiger partial charge is 0.385 e. The van der Waals surface area contributed by atoms with Gasteiger partial charge in [0.15, 0.2) is 0 Å². The standard InChI is InChI=1S/C3H5N.CH3NS2/c1-2-3-4;2-1(3)4/h2H2,1H3;(H3,2,3,4). The second-order valence-corrected chi connectivity index (χ2v) is 2.07. The summed E-state index contributed by atoms with van der Waals surface area (Å²) in [5, 5.41) is 7.62. The van der Waals surface area contributed by atoms with Gasteiger partial charge in [-0.3, -0.25) is 0 Å². The van der Waals surface area contributed by atoms with Crippen LogP contribution >= 0.6 is 24.8 Å². The SMILES string of the molecule is CCC#N.NC(=S)S. The van der Waals surface area contributed by atoms with Crippen LogP contribution < -0.4 is 5.73 Å². The van der Waals surface area contributed by atoms with Gasteiger partial charge in [0.2, 0.25) is 0 Å². The lowest BCUT2D eigenvalue weighted by Gasteiger charge is -1.64. The summed E-state index contributed by atoms with van der Waals surface area (Å²) in [5.41, 5.74) is 4.71. The van der Waals surface area contributed by atoms with Crippen molar-refractivity contribution < 1.29 is 0 Å². The van der Waals surface area contributed by atoms with Crippen LogP contribution in [-0.2, 0) is 0 Å². The normalized spacial score (nSPS) is 5.62. The summed E-state index contributed by atoms with van der Waals surface area (Å²) in [7, 11) is 0. The molecule has 2 nitrogen and oxygen atoms in total. The minimum Gasteiger partial charge on any atom is -0.385 e. The van der Waals surface area contributed by atoms with Crippen LogP contribution in [0.1, 0.15) is 13.3 Å². The molecule has 0 aliphatic heterocycles. The van der Waals surface area contributed by atoms with Crippen LogP contribution in [0.15, 0.2) is 0 Å². The number of nitrogens with two attached hydrogens (primary N) is 1. The Morgan fingerprint density at radius 2 is 2.12 bits per heavy atom. The Bertz CT molecular complexity index is 90.7. The van der Waals surface area contributed by atoms with Gasteiger partial charge in [0.05, 0.1) is 6.07 Å². The maximum absolute atomic E-state index is 7.62. The Labute approximate surface area is 60.1 Å². The summed E-state index contributed by atoms with van der Waals surface area (Å²) in [6, 6.07) is 1.93. The van der Waals surface area contributed by atoms with Crippen molar-refractivity contribution in [3.05, 3.63) is 0 Å². The summed E-state index contributed by atoms with van der Waals surface area (Å²) >= 11 is 7.65. The molecule has 0 aromatic rings. The van der Waals surface area contributed by atoms with E-state index >= 15 is 0 Å². The van der Waals surface area contributed by atoms with Gasteiger partial charge in [0, 0.05) is 6.42 Å². The summed E-state index contributed by atoms with van der Waals surface area (Å²) in [5.74, 6) is 0. The first-order valence-corrected chi connectivity index (χ1v) is 2.86. The van der Waals surface area contributed by atoms with E-state index in [9.17, 15) is 0 Å². The molecule has 0 unspecified atom stereocenters. The van der Waals surface area contributed by atoms with Crippen LogP contribution in [-0.4, -0.2) is 4.32 Å². The monoisotopic (exact) mass is 148 g/mol. The van der Waals surface area contributed by atoms with Gasteiger partial charge in [-0.2, -0.15) is 5.26 Å². The Balaban J connectivity index is 0. The van der Waals surface area contributed by atoms with Crippen molar-refractivity contribution in [1.29, 1.82) is 5.26 Å². The highest BCUT2D eigenvalue weighted by molar-refractivity contribution is 8.10. The highest BCUT2D eigenvalue weighted by Crippen LogP contribution is 1.63. The molecule has 0 radical (unpaired) electrons. The van der Waals surface area contributed by atoms with Crippen LogP contribution in [0.5, 0.6) is 0 Å². The van der Waals surface area contributed by atoms with Gasteiger partial charge in [0.25, 0.3) is 0 Å². The molecule has 0 atom stereocenters. The van der Waals surface area contributed by atoms with E-state index in [4.69, 9.17) is 11.0 Å². The Morgan fingerprint density at radius 1 is 2.00 bits per heavy atom. The minimum atomic E-state index is 0.194. The Hall–Kier alpha value is -0.270. The van der Waals surface area contributed by atoms with Crippen molar-refractivity contribution in [1.82, 2.24) is 0 Å². The predicted molar refractivity (Wildman–Crippen MR) is 41.7 cm³/mol. The number of hydrogen-bond acceptors (Lipinski definition) is 2. The van der Waals surface area contributed by atoms with Crippen LogP contribution in [0, 0.1) is 11.3 Å². The van der Waals surface area contributed by atoms with Crippen molar-refractivity contribution in [2.75, 3.05) is 0 Å². The smallest absolute Gasteiger partial charge is 0.128 e. The van der Waals surface area contributed by atoms with Crippen LogP contribution in [0.25, 0.3) is 0 Å².